The molecule has 1 aliphatic heterocycles. The monoisotopic (exact) mass is 306 g/mol. The molecule has 1 atom stereocenters. The van der Waals surface area contributed by atoms with Crippen LogP contribution in [0.15, 0.2) is 24.3 Å². The summed E-state index contributed by atoms with van der Waals surface area (Å²) < 4.78 is 0. The van der Waals surface area contributed by atoms with E-state index in [-0.39, 0.29) is 17.5 Å². The summed E-state index contributed by atoms with van der Waals surface area (Å²) in [6.07, 6.45) is 0. The summed E-state index contributed by atoms with van der Waals surface area (Å²) >= 11 is 0. The lowest BCUT2D eigenvalue weighted by Crippen LogP contribution is -2.53. The summed E-state index contributed by atoms with van der Waals surface area (Å²) in [7, 11) is 0. The summed E-state index contributed by atoms with van der Waals surface area (Å²) in [6.45, 7) is 3.37. The van der Waals surface area contributed by atoms with Gasteiger partial charge in [0.1, 0.15) is 0 Å². The lowest BCUT2D eigenvalue weighted by molar-refractivity contribution is -0.384. The molecule has 1 aliphatic rings. The first-order valence-corrected chi connectivity index (χ1v) is 6.98. The van der Waals surface area contributed by atoms with E-state index in [0.717, 1.165) is 0 Å². The number of benzene rings is 1. The van der Waals surface area contributed by atoms with Gasteiger partial charge >= 0.3 is 0 Å². The second-order valence-electron chi connectivity index (χ2n) is 5.21. The van der Waals surface area contributed by atoms with Gasteiger partial charge in [-0.3, -0.25) is 19.7 Å². The number of nitrogens with zero attached hydrogens (tertiary/aromatic N) is 3. The highest BCUT2D eigenvalue weighted by Crippen LogP contribution is 2.14. The normalized spacial score (nSPS) is 16.3. The quantitative estimate of drug-likeness (QED) is 0.635. The van der Waals surface area contributed by atoms with E-state index in [1.165, 1.54) is 24.3 Å². The van der Waals surface area contributed by atoms with E-state index in [4.69, 9.17) is 5.73 Å². The topological polar surface area (TPSA) is 110 Å². The molecule has 1 aromatic rings. The minimum absolute atomic E-state index is 0.0519. The van der Waals surface area contributed by atoms with Crippen molar-refractivity contribution in [2.75, 3.05) is 26.2 Å². The second-order valence-corrected chi connectivity index (χ2v) is 5.21. The van der Waals surface area contributed by atoms with Gasteiger partial charge in [-0.1, -0.05) is 0 Å². The number of carbonyl (C=O) groups excluding carboxylic acids is 2. The molecule has 2 amide bonds. The predicted octanol–water partition coefficient (Wildman–Crippen LogP) is 0.226. The second kappa shape index (κ2) is 6.52. The molecule has 0 unspecified atom stereocenters. The van der Waals surface area contributed by atoms with Crippen LogP contribution in [0.4, 0.5) is 5.69 Å². The van der Waals surface area contributed by atoms with Gasteiger partial charge in [-0.2, -0.15) is 0 Å². The zero-order valence-corrected chi connectivity index (χ0v) is 12.3. The smallest absolute Gasteiger partial charge is 0.269 e. The lowest BCUT2D eigenvalue weighted by Gasteiger charge is -2.35. The molecule has 0 saturated carbocycles. The first-order chi connectivity index (χ1) is 10.4. The van der Waals surface area contributed by atoms with E-state index in [1.807, 2.05) is 0 Å². The molecule has 1 aromatic carbocycles. The van der Waals surface area contributed by atoms with Crippen LogP contribution in [0.1, 0.15) is 17.3 Å². The number of piperazine rings is 1. The average Bonchev–Trinajstić information content (AvgIpc) is 2.53. The molecule has 118 valence electrons. The number of nitrogens with two attached hydrogens (primary N) is 1. The number of amides is 2. The number of carbonyl (C=O) groups is 2. The SMILES string of the molecule is C[C@H](N)C(=O)N1CCN(C(=O)c2ccc([N+](=O)[O-])cc2)CC1. The van der Waals surface area contributed by atoms with E-state index in [0.29, 0.717) is 31.7 Å². The Morgan fingerprint density at radius 3 is 2.09 bits per heavy atom. The lowest BCUT2D eigenvalue weighted by atomic mass is 10.1. The molecule has 1 heterocycles. The van der Waals surface area contributed by atoms with Crippen LogP contribution in [0.5, 0.6) is 0 Å². The van der Waals surface area contributed by atoms with Crippen LogP contribution in [0.25, 0.3) is 0 Å². The molecular weight excluding hydrogens is 288 g/mol. The molecule has 1 fully saturated rings. The summed E-state index contributed by atoms with van der Waals surface area (Å²) in [4.78, 5) is 37.5. The highest BCUT2D eigenvalue weighted by molar-refractivity contribution is 5.94. The van der Waals surface area contributed by atoms with Gasteiger partial charge in [0, 0.05) is 43.9 Å². The van der Waals surface area contributed by atoms with Crippen molar-refractivity contribution in [2.45, 2.75) is 13.0 Å². The van der Waals surface area contributed by atoms with Gasteiger partial charge in [-0.15, -0.1) is 0 Å². The van der Waals surface area contributed by atoms with Crippen molar-refractivity contribution < 1.29 is 14.5 Å². The Bertz CT molecular complexity index is 577. The van der Waals surface area contributed by atoms with Gasteiger partial charge in [0.15, 0.2) is 0 Å². The van der Waals surface area contributed by atoms with Crippen molar-refractivity contribution in [2.24, 2.45) is 5.73 Å². The van der Waals surface area contributed by atoms with E-state index < -0.39 is 11.0 Å². The molecule has 1 saturated heterocycles. The number of nitro benzene ring substituents is 1. The molecule has 0 spiro atoms. The van der Waals surface area contributed by atoms with Crippen molar-refractivity contribution in [3.63, 3.8) is 0 Å². The third-order valence-corrected chi connectivity index (χ3v) is 3.59. The maximum Gasteiger partial charge on any atom is 0.269 e. The Kier molecular flexibility index (Phi) is 4.71. The summed E-state index contributed by atoms with van der Waals surface area (Å²) in [5.74, 6) is -0.315. The molecule has 2 rings (SSSR count). The molecular formula is C14H18N4O4. The van der Waals surface area contributed by atoms with Crippen molar-refractivity contribution in [3.05, 3.63) is 39.9 Å². The summed E-state index contributed by atoms with van der Waals surface area (Å²) in [5.41, 5.74) is 5.91. The minimum Gasteiger partial charge on any atom is -0.338 e. The number of hydrogen-bond acceptors (Lipinski definition) is 5. The average molecular weight is 306 g/mol. The van der Waals surface area contributed by atoms with E-state index in [1.54, 1.807) is 16.7 Å². The minimum atomic E-state index is -0.545. The van der Waals surface area contributed by atoms with Crippen LogP contribution in [-0.4, -0.2) is 58.8 Å². The van der Waals surface area contributed by atoms with Crippen molar-refractivity contribution in [1.82, 2.24) is 9.80 Å². The Labute approximate surface area is 127 Å². The van der Waals surface area contributed by atoms with Crippen LogP contribution in [0.3, 0.4) is 0 Å². The van der Waals surface area contributed by atoms with E-state index in [9.17, 15) is 19.7 Å². The van der Waals surface area contributed by atoms with Crippen LogP contribution in [-0.2, 0) is 4.79 Å². The number of nitro groups is 1. The zero-order chi connectivity index (χ0) is 16.3. The van der Waals surface area contributed by atoms with E-state index in [2.05, 4.69) is 0 Å². The molecule has 2 N–H and O–H groups in total. The zero-order valence-electron chi connectivity index (χ0n) is 12.3. The van der Waals surface area contributed by atoms with Crippen molar-refractivity contribution in [1.29, 1.82) is 0 Å². The first kappa shape index (κ1) is 15.9. The Balaban J connectivity index is 1.97. The Morgan fingerprint density at radius 1 is 1.14 bits per heavy atom. The van der Waals surface area contributed by atoms with Crippen molar-refractivity contribution >= 4 is 17.5 Å². The largest absolute Gasteiger partial charge is 0.338 e. The Hall–Kier alpha value is -2.48. The molecule has 0 aliphatic carbocycles. The molecule has 8 heteroatoms. The predicted molar refractivity (Wildman–Crippen MR) is 79.2 cm³/mol. The Morgan fingerprint density at radius 2 is 1.64 bits per heavy atom. The fourth-order valence-electron chi connectivity index (χ4n) is 2.33. The maximum atomic E-state index is 12.3. The van der Waals surface area contributed by atoms with Crippen LogP contribution in [0.2, 0.25) is 0 Å². The van der Waals surface area contributed by atoms with Crippen LogP contribution >= 0.6 is 0 Å². The summed E-state index contributed by atoms with van der Waals surface area (Å²) in [5, 5.41) is 10.6. The molecule has 0 radical (unpaired) electrons. The van der Waals surface area contributed by atoms with Gasteiger partial charge in [-0.25, -0.2) is 0 Å². The fourth-order valence-corrected chi connectivity index (χ4v) is 2.33. The fraction of sp³-hybridized carbons (Fsp3) is 0.429. The third-order valence-electron chi connectivity index (χ3n) is 3.59. The van der Waals surface area contributed by atoms with Gasteiger partial charge in [-0.05, 0) is 19.1 Å². The van der Waals surface area contributed by atoms with Crippen molar-refractivity contribution in [3.8, 4) is 0 Å². The standard InChI is InChI=1S/C14H18N4O4/c1-10(15)13(19)16-6-8-17(9-7-16)14(20)11-2-4-12(5-3-11)18(21)22/h2-5,10H,6-9,15H2,1H3/t10-/m0/s1. The highest BCUT2D eigenvalue weighted by atomic mass is 16.6. The molecule has 0 aromatic heterocycles. The van der Waals surface area contributed by atoms with Gasteiger partial charge in [0.25, 0.3) is 11.6 Å². The van der Waals surface area contributed by atoms with Gasteiger partial charge in [0.05, 0.1) is 11.0 Å². The third kappa shape index (κ3) is 3.40. The highest BCUT2D eigenvalue weighted by Gasteiger charge is 2.26. The number of non-ortho nitro benzene ring substituents is 1. The van der Waals surface area contributed by atoms with E-state index >= 15 is 0 Å². The molecule has 8 nitrogen and oxygen atoms in total. The van der Waals surface area contributed by atoms with Crippen LogP contribution < -0.4 is 5.73 Å². The number of hydrogen-bond donors (Lipinski definition) is 1. The van der Waals surface area contributed by atoms with Gasteiger partial charge < -0.3 is 15.5 Å². The maximum absolute atomic E-state index is 12.3. The molecule has 22 heavy (non-hydrogen) atoms. The van der Waals surface area contributed by atoms with Gasteiger partial charge in [0.2, 0.25) is 5.91 Å². The number of rotatable bonds is 3. The first-order valence-electron chi connectivity index (χ1n) is 6.98. The summed E-state index contributed by atoms with van der Waals surface area (Å²) in [6, 6.07) is 4.96. The molecule has 0 bridgehead atoms. The van der Waals surface area contributed by atoms with Crippen LogP contribution in [0, 0.1) is 10.1 Å².